The van der Waals surface area contributed by atoms with Gasteiger partial charge in [-0.3, -0.25) is 4.79 Å². The van der Waals surface area contributed by atoms with E-state index in [2.05, 4.69) is 15.5 Å². The molecule has 2 N–H and O–H groups in total. The van der Waals surface area contributed by atoms with Crippen molar-refractivity contribution in [3.05, 3.63) is 33.8 Å². The Labute approximate surface area is 189 Å². The number of amides is 1. The number of benzene rings is 1. The van der Waals surface area contributed by atoms with Crippen LogP contribution in [0.25, 0.3) is 0 Å². The lowest BCUT2D eigenvalue weighted by Gasteiger charge is -2.36. The highest BCUT2D eigenvalue weighted by Crippen LogP contribution is 2.30. The van der Waals surface area contributed by atoms with Crippen molar-refractivity contribution in [3.8, 4) is 0 Å². The average Bonchev–Trinajstić information content (AvgIpc) is 2.84. The fourth-order valence-electron chi connectivity index (χ4n) is 3.84. The van der Waals surface area contributed by atoms with E-state index in [4.69, 9.17) is 27.9 Å². The lowest BCUT2D eigenvalue weighted by Crippen LogP contribution is -2.47. The van der Waals surface area contributed by atoms with Crippen LogP contribution in [0, 0.1) is 0 Å². The number of rotatable bonds is 4. The van der Waals surface area contributed by atoms with Crippen LogP contribution in [0.15, 0.2) is 18.2 Å². The SMILES string of the molecule is CC(=O)NC1CCN(C[C@@H]2OCCNC[C@H]2c2ccc(Cl)c(Cl)c2)CC1.Cl.Cl. The van der Waals surface area contributed by atoms with E-state index in [1.807, 2.05) is 18.2 Å². The zero-order chi connectivity index (χ0) is 18.5. The van der Waals surface area contributed by atoms with Crippen LogP contribution in [-0.4, -0.2) is 62.3 Å². The Morgan fingerprint density at radius 2 is 1.96 bits per heavy atom. The Morgan fingerprint density at radius 1 is 1.25 bits per heavy atom. The summed E-state index contributed by atoms with van der Waals surface area (Å²) in [6.45, 7) is 6.87. The molecule has 1 aromatic rings. The summed E-state index contributed by atoms with van der Waals surface area (Å²) in [4.78, 5) is 13.7. The molecule has 2 fully saturated rings. The second-order valence-electron chi connectivity index (χ2n) is 7.17. The summed E-state index contributed by atoms with van der Waals surface area (Å²) in [5.74, 6) is 0.293. The van der Waals surface area contributed by atoms with Gasteiger partial charge in [0.1, 0.15) is 0 Å². The van der Waals surface area contributed by atoms with Crippen molar-refractivity contribution in [2.45, 2.75) is 37.8 Å². The molecule has 2 atom stereocenters. The van der Waals surface area contributed by atoms with Gasteiger partial charge in [0.05, 0.1) is 22.8 Å². The first kappa shape index (κ1) is 25.8. The van der Waals surface area contributed by atoms with Crippen molar-refractivity contribution in [3.63, 3.8) is 0 Å². The number of halogens is 4. The molecule has 9 heteroatoms. The van der Waals surface area contributed by atoms with Crippen molar-refractivity contribution in [2.24, 2.45) is 0 Å². The van der Waals surface area contributed by atoms with Gasteiger partial charge in [-0.05, 0) is 30.5 Å². The summed E-state index contributed by atoms with van der Waals surface area (Å²) in [6.07, 6.45) is 2.09. The van der Waals surface area contributed by atoms with Crippen molar-refractivity contribution in [1.82, 2.24) is 15.5 Å². The van der Waals surface area contributed by atoms with Crippen LogP contribution < -0.4 is 10.6 Å². The van der Waals surface area contributed by atoms with E-state index in [0.717, 1.165) is 51.1 Å². The molecule has 0 aromatic heterocycles. The minimum absolute atomic E-state index is 0. The maximum atomic E-state index is 11.2. The third-order valence-corrected chi connectivity index (χ3v) is 5.97. The second kappa shape index (κ2) is 12.4. The molecule has 1 amide bonds. The molecule has 0 unspecified atom stereocenters. The topological polar surface area (TPSA) is 53.6 Å². The molecule has 2 aliphatic rings. The van der Waals surface area contributed by atoms with Gasteiger partial charge < -0.3 is 20.3 Å². The van der Waals surface area contributed by atoms with E-state index in [1.165, 1.54) is 0 Å². The smallest absolute Gasteiger partial charge is 0.217 e. The van der Waals surface area contributed by atoms with Crippen molar-refractivity contribution in [2.75, 3.05) is 39.3 Å². The number of carbonyl (C=O) groups excluding carboxylic acids is 1. The first-order valence-corrected chi connectivity index (χ1v) is 10.0. The van der Waals surface area contributed by atoms with Gasteiger partial charge in [-0.15, -0.1) is 24.8 Å². The van der Waals surface area contributed by atoms with E-state index in [1.54, 1.807) is 6.92 Å². The first-order valence-electron chi connectivity index (χ1n) is 9.29. The van der Waals surface area contributed by atoms with Crippen LogP contribution in [-0.2, 0) is 9.53 Å². The van der Waals surface area contributed by atoms with Gasteiger partial charge in [0.15, 0.2) is 0 Å². The van der Waals surface area contributed by atoms with Crippen molar-refractivity contribution >= 4 is 53.9 Å². The van der Waals surface area contributed by atoms with Gasteiger partial charge in [0, 0.05) is 51.6 Å². The largest absolute Gasteiger partial charge is 0.375 e. The lowest BCUT2D eigenvalue weighted by molar-refractivity contribution is -0.120. The zero-order valence-corrected chi connectivity index (χ0v) is 19.1. The van der Waals surface area contributed by atoms with Crippen LogP contribution in [0.1, 0.15) is 31.2 Å². The molecule has 0 radical (unpaired) electrons. The maximum Gasteiger partial charge on any atom is 0.217 e. The Bertz CT molecular complexity index is 627. The number of nitrogens with zero attached hydrogens (tertiary/aromatic N) is 1. The molecule has 3 rings (SSSR count). The molecule has 0 saturated carbocycles. The van der Waals surface area contributed by atoms with Crippen molar-refractivity contribution < 1.29 is 9.53 Å². The Kier molecular flexibility index (Phi) is 11.4. The minimum atomic E-state index is 0. The van der Waals surface area contributed by atoms with Gasteiger partial charge in [0.25, 0.3) is 0 Å². The van der Waals surface area contributed by atoms with E-state index >= 15 is 0 Å². The van der Waals surface area contributed by atoms with Crippen LogP contribution >= 0.6 is 48.0 Å². The van der Waals surface area contributed by atoms with Crippen LogP contribution in [0.4, 0.5) is 0 Å². The number of piperidine rings is 1. The molecule has 0 spiro atoms. The summed E-state index contributed by atoms with van der Waals surface area (Å²) in [6, 6.07) is 6.16. The standard InChI is InChI=1S/C19H27Cl2N3O2.2ClH/c1-13(25)23-15-4-7-24(8-5-15)12-19-16(11-22-6-9-26-19)14-2-3-17(20)18(21)10-14;;/h2-3,10,15-16,19,22H,4-9,11-12H2,1H3,(H,23,25);2*1H/t16-,19-;;/m0../s1. The number of hydrogen-bond donors (Lipinski definition) is 2. The molecular weight excluding hydrogens is 444 g/mol. The highest BCUT2D eigenvalue weighted by Gasteiger charge is 2.30. The lowest BCUT2D eigenvalue weighted by atomic mass is 9.92. The average molecular weight is 473 g/mol. The highest BCUT2D eigenvalue weighted by molar-refractivity contribution is 6.42. The zero-order valence-electron chi connectivity index (χ0n) is 16.0. The third kappa shape index (κ3) is 7.21. The molecule has 28 heavy (non-hydrogen) atoms. The first-order chi connectivity index (χ1) is 12.5. The summed E-state index contributed by atoms with van der Waals surface area (Å²) >= 11 is 12.3. The van der Waals surface area contributed by atoms with E-state index in [-0.39, 0.29) is 42.7 Å². The summed E-state index contributed by atoms with van der Waals surface area (Å²) in [5, 5.41) is 7.65. The van der Waals surface area contributed by atoms with Gasteiger partial charge in [0.2, 0.25) is 5.91 Å². The molecule has 0 bridgehead atoms. The monoisotopic (exact) mass is 471 g/mol. The Hall–Kier alpha value is -0.270. The number of likely N-dealkylation sites (tertiary alicyclic amines) is 1. The molecule has 2 aliphatic heterocycles. The van der Waals surface area contributed by atoms with Crippen LogP contribution in [0.5, 0.6) is 0 Å². The normalized spacial score (nSPS) is 23.8. The second-order valence-corrected chi connectivity index (χ2v) is 7.98. The van der Waals surface area contributed by atoms with Crippen molar-refractivity contribution in [1.29, 1.82) is 0 Å². The quantitative estimate of drug-likeness (QED) is 0.703. The predicted molar refractivity (Wildman–Crippen MR) is 120 cm³/mol. The van der Waals surface area contributed by atoms with E-state index in [9.17, 15) is 4.79 Å². The molecule has 1 aromatic carbocycles. The summed E-state index contributed by atoms with van der Waals surface area (Å²) in [7, 11) is 0. The highest BCUT2D eigenvalue weighted by atomic mass is 35.5. The summed E-state index contributed by atoms with van der Waals surface area (Å²) in [5.41, 5.74) is 1.16. The predicted octanol–water partition coefficient (Wildman–Crippen LogP) is 3.51. The fourth-order valence-corrected chi connectivity index (χ4v) is 4.15. The van der Waals surface area contributed by atoms with Gasteiger partial charge in [-0.25, -0.2) is 0 Å². The molecule has 2 saturated heterocycles. The van der Waals surface area contributed by atoms with E-state index in [0.29, 0.717) is 22.7 Å². The number of carbonyl (C=O) groups is 1. The molecule has 160 valence electrons. The molecule has 5 nitrogen and oxygen atoms in total. The minimum Gasteiger partial charge on any atom is -0.375 e. The van der Waals surface area contributed by atoms with Crippen LogP contribution in [0.3, 0.4) is 0 Å². The van der Waals surface area contributed by atoms with Gasteiger partial charge in [-0.1, -0.05) is 29.3 Å². The number of ether oxygens (including phenoxy) is 1. The maximum absolute atomic E-state index is 11.2. The Balaban J connectivity index is 0.00000196. The van der Waals surface area contributed by atoms with E-state index < -0.39 is 0 Å². The number of hydrogen-bond acceptors (Lipinski definition) is 4. The Morgan fingerprint density at radius 3 is 2.61 bits per heavy atom. The molecule has 0 aliphatic carbocycles. The number of nitrogens with one attached hydrogen (secondary N) is 2. The molecular formula is C19H29Cl4N3O2. The molecule has 2 heterocycles. The van der Waals surface area contributed by atoms with Gasteiger partial charge in [-0.2, -0.15) is 0 Å². The van der Waals surface area contributed by atoms with Crippen LogP contribution in [0.2, 0.25) is 10.0 Å². The third-order valence-electron chi connectivity index (χ3n) is 5.23. The van der Waals surface area contributed by atoms with Gasteiger partial charge >= 0.3 is 0 Å². The fraction of sp³-hybridized carbons (Fsp3) is 0.632. The summed E-state index contributed by atoms with van der Waals surface area (Å²) < 4.78 is 6.18.